The molecule has 2 fully saturated rings. The van der Waals surface area contributed by atoms with E-state index in [-0.39, 0.29) is 18.6 Å². The zero-order valence-electron chi connectivity index (χ0n) is 15.9. The Hall–Kier alpha value is -1.37. The standard InChI is InChI=1S/C20H32N2O4/c1-25-15-18-7-8-19(26-18)20(24)22-11-10-21(17(14-22)9-12-23)13-16-5-3-2-4-6-16/h7-8,16-17,23H,2-6,9-15H2,1H3/t17-/m0/s1. The van der Waals surface area contributed by atoms with Crippen LogP contribution in [0.15, 0.2) is 16.5 Å². The quantitative estimate of drug-likeness (QED) is 0.805. The van der Waals surface area contributed by atoms with Gasteiger partial charge in [0, 0.05) is 45.9 Å². The summed E-state index contributed by atoms with van der Waals surface area (Å²) in [4.78, 5) is 17.1. The molecule has 2 heterocycles. The average molecular weight is 364 g/mol. The van der Waals surface area contributed by atoms with Crippen molar-refractivity contribution in [3.05, 3.63) is 23.7 Å². The fourth-order valence-electron chi connectivity index (χ4n) is 4.31. The summed E-state index contributed by atoms with van der Waals surface area (Å²) in [5.74, 6) is 1.75. The first-order valence-electron chi connectivity index (χ1n) is 9.93. The molecule has 0 unspecified atom stereocenters. The molecule has 3 rings (SSSR count). The molecule has 1 aromatic heterocycles. The van der Waals surface area contributed by atoms with E-state index in [4.69, 9.17) is 9.15 Å². The van der Waals surface area contributed by atoms with Gasteiger partial charge in [-0.25, -0.2) is 0 Å². The molecule has 1 saturated carbocycles. The van der Waals surface area contributed by atoms with E-state index in [1.807, 2.05) is 4.90 Å². The zero-order valence-corrected chi connectivity index (χ0v) is 15.9. The van der Waals surface area contributed by atoms with Gasteiger partial charge >= 0.3 is 0 Å². The Bertz CT molecular complexity index is 568. The number of aliphatic hydroxyl groups is 1. The number of rotatable bonds is 7. The van der Waals surface area contributed by atoms with E-state index in [1.54, 1.807) is 19.2 Å². The second-order valence-corrected chi connectivity index (χ2v) is 7.62. The third-order valence-corrected chi connectivity index (χ3v) is 5.73. The molecule has 1 aliphatic heterocycles. The Balaban J connectivity index is 1.59. The lowest BCUT2D eigenvalue weighted by molar-refractivity contribution is 0.0319. The van der Waals surface area contributed by atoms with Crippen LogP contribution < -0.4 is 0 Å². The van der Waals surface area contributed by atoms with Gasteiger partial charge in [-0.15, -0.1) is 0 Å². The van der Waals surface area contributed by atoms with Crippen LogP contribution in [0.1, 0.15) is 54.8 Å². The highest BCUT2D eigenvalue weighted by Gasteiger charge is 2.32. The Labute approximate surface area is 156 Å². The monoisotopic (exact) mass is 364 g/mol. The molecular weight excluding hydrogens is 332 g/mol. The molecule has 1 saturated heterocycles. The molecule has 2 aliphatic rings. The summed E-state index contributed by atoms with van der Waals surface area (Å²) in [6.45, 7) is 3.88. The number of amides is 1. The number of piperazine rings is 1. The number of aliphatic hydroxyl groups excluding tert-OH is 1. The number of ether oxygens (including phenoxy) is 1. The van der Waals surface area contributed by atoms with Crippen LogP contribution in [-0.2, 0) is 11.3 Å². The molecule has 26 heavy (non-hydrogen) atoms. The minimum Gasteiger partial charge on any atom is -0.453 e. The molecule has 1 aromatic rings. The lowest BCUT2D eigenvalue weighted by atomic mass is 9.88. The van der Waals surface area contributed by atoms with Gasteiger partial charge in [-0.3, -0.25) is 9.69 Å². The minimum atomic E-state index is -0.0624. The van der Waals surface area contributed by atoms with E-state index >= 15 is 0 Å². The van der Waals surface area contributed by atoms with E-state index in [2.05, 4.69) is 4.90 Å². The van der Waals surface area contributed by atoms with Crippen molar-refractivity contribution >= 4 is 5.91 Å². The van der Waals surface area contributed by atoms with E-state index in [0.717, 1.165) is 19.0 Å². The molecule has 0 radical (unpaired) electrons. The topological polar surface area (TPSA) is 66.2 Å². The van der Waals surface area contributed by atoms with Crippen molar-refractivity contribution in [2.75, 3.05) is 39.9 Å². The summed E-state index contributed by atoms with van der Waals surface area (Å²) < 4.78 is 10.7. The molecule has 1 atom stereocenters. The maximum Gasteiger partial charge on any atom is 0.289 e. The summed E-state index contributed by atoms with van der Waals surface area (Å²) in [5, 5.41) is 9.48. The molecule has 0 spiro atoms. The Morgan fingerprint density at radius 2 is 2.08 bits per heavy atom. The van der Waals surface area contributed by atoms with Crippen LogP contribution in [0.4, 0.5) is 0 Å². The molecule has 0 aromatic carbocycles. The van der Waals surface area contributed by atoms with Crippen molar-refractivity contribution in [3.63, 3.8) is 0 Å². The lowest BCUT2D eigenvalue weighted by Crippen LogP contribution is -2.56. The fraction of sp³-hybridized carbons (Fsp3) is 0.750. The predicted octanol–water partition coefficient (Wildman–Crippen LogP) is 2.52. The summed E-state index contributed by atoms with van der Waals surface area (Å²) in [5.41, 5.74) is 0. The summed E-state index contributed by atoms with van der Waals surface area (Å²) >= 11 is 0. The van der Waals surface area contributed by atoms with Gasteiger partial charge in [-0.1, -0.05) is 19.3 Å². The van der Waals surface area contributed by atoms with Crippen LogP contribution in [-0.4, -0.2) is 66.8 Å². The van der Waals surface area contributed by atoms with Gasteiger partial charge in [0.1, 0.15) is 12.4 Å². The van der Waals surface area contributed by atoms with Crippen molar-refractivity contribution in [3.8, 4) is 0 Å². The van der Waals surface area contributed by atoms with Gasteiger partial charge in [-0.2, -0.15) is 0 Å². The van der Waals surface area contributed by atoms with Crippen LogP contribution >= 0.6 is 0 Å². The Kier molecular flexibility index (Phi) is 7.11. The zero-order chi connectivity index (χ0) is 18.4. The number of nitrogens with zero attached hydrogens (tertiary/aromatic N) is 2. The highest BCUT2D eigenvalue weighted by atomic mass is 16.5. The van der Waals surface area contributed by atoms with Crippen molar-refractivity contribution < 1.29 is 19.1 Å². The number of methoxy groups -OCH3 is 1. The first-order chi connectivity index (χ1) is 12.7. The van der Waals surface area contributed by atoms with Gasteiger partial charge in [0.2, 0.25) is 0 Å². The van der Waals surface area contributed by atoms with Crippen LogP contribution in [0, 0.1) is 5.92 Å². The van der Waals surface area contributed by atoms with Gasteiger partial charge in [-0.05, 0) is 37.3 Å². The second kappa shape index (κ2) is 9.53. The molecule has 146 valence electrons. The van der Waals surface area contributed by atoms with Gasteiger partial charge in [0.25, 0.3) is 5.91 Å². The fourth-order valence-corrected chi connectivity index (χ4v) is 4.31. The highest BCUT2D eigenvalue weighted by Crippen LogP contribution is 2.26. The Morgan fingerprint density at radius 3 is 2.81 bits per heavy atom. The maximum atomic E-state index is 12.8. The smallest absolute Gasteiger partial charge is 0.289 e. The number of furan rings is 1. The van der Waals surface area contributed by atoms with Gasteiger partial charge in [0.15, 0.2) is 5.76 Å². The van der Waals surface area contributed by atoms with Crippen LogP contribution in [0.25, 0.3) is 0 Å². The molecular formula is C20H32N2O4. The predicted molar refractivity (Wildman–Crippen MR) is 99.0 cm³/mol. The van der Waals surface area contributed by atoms with E-state index in [0.29, 0.717) is 37.6 Å². The van der Waals surface area contributed by atoms with Crippen molar-refractivity contribution in [2.24, 2.45) is 5.92 Å². The van der Waals surface area contributed by atoms with Gasteiger partial charge in [0.05, 0.1) is 0 Å². The third kappa shape index (κ3) is 4.87. The van der Waals surface area contributed by atoms with Crippen molar-refractivity contribution in [1.82, 2.24) is 9.80 Å². The minimum absolute atomic E-state index is 0.0624. The first kappa shape index (κ1) is 19.4. The molecule has 1 aliphatic carbocycles. The normalized spacial score (nSPS) is 22.7. The second-order valence-electron chi connectivity index (χ2n) is 7.62. The van der Waals surface area contributed by atoms with Crippen LogP contribution in [0.3, 0.4) is 0 Å². The van der Waals surface area contributed by atoms with Crippen LogP contribution in [0.5, 0.6) is 0 Å². The summed E-state index contributed by atoms with van der Waals surface area (Å²) in [6, 6.07) is 3.75. The molecule has 6 heteroatoms. The summed E-state index contributed by atoms with van der Waals surface area (Å²) in [7, 11) is 1.61. The van der Waals surface area contributed by atoms with Crippen molar-refractivity contribution in [2.45, 2.75) is 51.2 Å². The average Bonchev–Trinajstić information content (AvgIpc) is 3.12. The van der Waals surface area contributed by atoms with Crippen molar-refractivity contribution in [1.29, 1.82) is 0 Å². The number of carbonyl (C=O) groups is 1. The van der Waals surface area contributed by atoms with Crippen LogP contribution in [0.2, 0.25) is 0 Å². The SMILES string of the molecule is COCc1ccc(C(=O)N2CCN(CC3CCCCC3)[C@@H](CCO)C2)o1. The van der Waals surface area contributed by atoms with E-state index in [1.165, 1.54) is 32.1 Å². The molecule has 1 amide bonds. The van der Waals surface area contributed by atoms with Gasteiger partial charge < -0.3 is 19.2 Å². The molecule has 1 N–H and O–H groups in total. The molecule has 6 nitrogen and oxygen atoms in total. The Morgan fingerprint density at radius 1 is 1.27 bits per heavy atom. The largest absolute Gasteiger partial charge is 0.453 e. The highest BCUT2D eigenvalue weighted by molar-refractivity contribution is 5.91. The summed E-state index contributed by atoms with van der Waals surface area (Å²) in [6.07, 6.45) is 7.40. The van der Waals surface area contributed by atoms with E-state index < -0.39 is 0 Å². The van der Waals surface area contributed by atoms with E-state index in [9.17, 15) is 9.90 Å². The molecule has 0 bridgehead atoms. The lowest BCUT2D eigenvalue weighted by Gasteiger charge is -2.43. The number of hydrogen-bond acceptors (Lipinski definition) is 5. The first-order valence-corrected chi connectivity index (χ1v) is 9.93. The maximum absolute atomic E-state index is 12.8. The number of hydrogen-bond donors (Lipinski definition) is 1. The third-order valence-electron chi connectivity index (χ3n) is 5.73. The number of carbonyl (C=O) groups excluding carboxylic acids is 1.